The number of hydrogen-bond acceptors (Lipinski definition) is 5. The van der Waals surface area contributed by atoms with Crippen LogP contribution in [0.25, 0.3) is 10.9 Å². The molecule has 3 aromatic rings. The topological polar surface area (TPSA) is 41.1 Å². The molecule has 4 rings (SSSR count). The fraction of sp³-hybridized carbons (Fsp3) is 0.333. The second kappa shape index (κ2) is 6.54. The molecule has 2 aromatic heterocycles. The summed E-state index contributed by atoms with van der Waals surface area (Å²) < 4.78 is 0. The van der Waals surface area contributed by atoms with E-state index in [-0.39, 0.29) is 0 Å². The summed E-state index contributed by atoms with van der Waals surface area (Å²) in [5, 5.41) is 6.70. The van der Waals surface area contributed by atoms with Crippen LogP contribution in [0.4, 0.5) is 11.8 Å². The molecular formula is C18H20N4S. The number of hydrogen-bond donors (Lipinski definition) is 1. The Morgan fingerprint density at radius 2 is 1.87 bits per heavy atom. The minimum atomic E-state index is 0.804. The molecule has 0 bridgehead atoms. The molecule has 0 saturated carbocycles. The molecule has 118 valence electrons. The molecule has 1 aromatic carbocycles. The quantitative estimate of drug-likeness (QED) is 0.777. The van der Waals surface area contributed by atoms with Crippen LogP contribution in [0.5, 0.6) is 0 Å². The monoisotopic (exact) mass is 324 g/mol. The SMILES string of the molecule is c1csc(CNc2nc(N3CCCCC3)nc3ccccc23)c1. The Bertz CT molecular complexity index is 779. The second-order valence-electron chi connectivity index (χ2n) is 5.87. The number of fused-ring (bicyclic) bond motifs is 1. The molecule has 0 amide bonds. The van der Waals surface area contributed by atoms with E-state index in [4.69, 9.17) is 9.97 Å². The van der Waals surface area contributed by atoms with Crippen molar-refractivity contribution in [2.24, 2.45) is 0 Å². The van der Waals surface area contributed by atoms with Gasteiger partial charge in [0.05, 0.1) is 12.1 Å². The fourth-order valence-corrected chi connectivity index (χ4v) is 3.66. The number of thiophene rings is 1. The number of nitrogens with one attached hydrogen (secondary N) is 1. The third kappa shape index (κ3) is 3.15. The molecule has 0 atom stereocenters. The van der Waals surface area contributed by atoms with E-state index in [0.717, 1.165) is 42.3 Å². The van der Waals surface area contributed by atoms with Crippen molar-refractivity contribution in [1.29, 1.82) is 0 Å². The maximum atomic E-state index is 4.83. The zero-order chi connectivity index (χ0) is 15.5. The summed E-state index contributed by atoms with van der Waals surface area (Å²) >= 11 is 1.76. The van der Waals surface area contributed by atoms with Gasteiger partial charge in [0.15, 0.2) is 0 Å². The van der Waals surface area contributed by atoms with Gasteiger partial charge in [-0.25, -0.2) is 4.98 Å². The summed E-state index contributed by atoms with van der Waals surface area (Å²) in [7, 11) is 0. The molecule has 1 aliphatic rings. The molecule has 0 unspecified atom stereocenters. The van der Waals surface area contributed by atoms with Crippen molar-refractivity contribution in [2.45, 2.75) is 25.8 Å². The molecule has 5 heteroatoms. The molecule has 0 radical (unpaired) electrons. The Balaban J connectivity index is 1.68. The minimum absolute atomic E-state index is 0.804. The van der Waals surface area contributed by atoms with Gasteiger partial charge in [0.1, 0.15) is 5.82 Å². The standard InChI is InChI=1S/C18H20N4S/c1-4-10-22(11-5-1)18-20-16-9-3-2-8-15(16)17(21-18)19-13-14-7-6-12-23-14/h2-3,6-9,12H,1,4-5,10-11,13H2,(H,19,20,21). The van der Waals surface area contributed by atoms with Gasteiger partial charge in [-0.1, -0.05) is 18.2 Å². The molecule has 23 heavy (non-hydrogen) atoms. The maximum absolute atomic E-state index is 4.83. The van der Waals surface area contributed by atoms with Gasteiger partial charge >= 0.3 is 0 Å². The van der Waals surface area contributed by atoms with Gasteiger partial charge in [0.2, 0.25) is 5.95 Å². The lowest BCUT2D eigenvalue weighted by molar-refractivity contribution is 0.569. The second-order valence-corrected chi connectivity index (χ2v) is 6.90. The smallest absolute Gasteiger partial charge is 0.227 e. The van der Waals surface area contributed by atoms with Gasteiger partial charge in [0, 0.05) is 23.4 Å². The largest absolute Gasteiger partial charge is 0.364 e. The third-order valence-electron chi connectivity index (χ3n) is 4.24. The Labute approximate surface area is 140 Å². The highest BCUT2D eigenvalue weighted by Gasteiger charge is 2.16. The zero-order valence-electron chi connectivity index (χ0n) is 13.0. The van der Waals surface area contributed by atoms with Gasteiger partial charge < -0.3 is 10.2 Å². The van der Waals surface area contributed by atoms with Gasteiger partial charge in [-0.05, 0) is 42.8 Å². The average Bonchev–Trinajstić information content (AvgIpc) is 3.14. The first-order valence-corrected chi connectivity index (χ1v) is 9.06. The summed E-state index contributed by atoms with van der Waals surface area (Å²) in [6.07, 6.45) is 3.77. The molecule has 3 heterocycles. The Morgan fingerprint density at radius 1 is 1.00 bits per heavy atom. The summed E-state index contributed by atoms with van der Waals surface area (Å²) in [6, 6.07) is 12.5. The highest BCUT2D eigenvalue weighted by Crippen LogP contribution is 2.25. The lowest BCUT2D eigenvalue weighted by Gasteiger charge is -2.27. The molecular weight excluding hydrogens is 304 g/mol. The van der Waals surface area contributed by atoms with Gasteiger partial charge in [0.25, 0.3) is 0 Å². The molecule has 4 nitrogen and oxygen atoms in total. The van der Waals surface area contributed by atoms with Crippen LogP contribution in [0.1, 0.15) is 24.1 Å². The number of para-hydroxylation sites is 1. The van der Waals surface area contributed by atoms with E-state index in [1.165, 1.54) is 24.1 Å². The third-order valence-corrected chi connectivity index (χ3v) is 5.12. The van der Waals surface area contributed by atoms with Gasteiger partial charge in [-0.15, -0.1) is 11.3 Å². The predicted octanol–water partition coefficient (Wildman–Crippen LogP) is 4.29. The highest BCUT2D eigenvalue weighted by atomic mass is 32.1. The lowest BCUT2D eigenvalue weighted by atomic mass is 10.1. The summed E-state index contributed by atoms with van der Waals surface area (Å²) in [4.78, 5) is 13.2. The number of rotatable bonds is 4. The van der Waals surface area contributed by atoms with Crippen molar-refractivity contribution in [1.82, 2.24) is 9.97 Å². The lowest BCUT2D eigenvalue weighted by Crippen LogP contribution is -2.31. The van der Waals surface area contributed by atoms with E-state index in [1.807, 2.05) is 12.1 Å². The first-order chi connectivity index (χ1) is 11.4. The van der Waals surface area contributed by atoms with Crippen LogP contribution in [-0.2, 0) is 6.54 Å². The molecule has 1 fully saturated rings. The van der Waals surface area contributed by atoms with Crippen molar-refractivity contribution in [3.05, 3.63) is 46.7 Å². The number of piperidine rings is 1. The Kier molecular flexibility index (Phi) is 4.11. The number of anilines is 2. The zero-order valence-corrected chi connectivity index (χ0v) is 13.9. The van der Waals surface area contributed by atoms with Gasteiger partial charge in [-0.2, -0.15) is 4.98 Å². The van der Waals surface area contributed by atoms with Crippen molar-refractivity contribution in [3.63, 3.8) is 0 Å². The van der Waals surface area contributed by atoms with E-state index in [0.29, 0.717) is 0 Å². The fourth-order valence-electron chi connectivity index (χ4n) is 3.02. The van der Waals surface area contributed by atoms with E-state index < -0.39 is 0 Å². The van der Waals surface area contributed by atoms with E-state index in [2.05, 4.69) is 39.9 Å². The Morgan fingerprint density at radius 3 is 2.70 bits per heavy atom. The number of benzene rings is 1. The van der Waals surface area contributed by atoms with Crippen molar-refractivity contribution < 1.29 is 0 Å². The van der Waals surface area contributed by atoms with Crippen LogP contribution in [0.15, 0.2) is 41.8 Å². The van der Waals surface area contributed by atoms with Crippen LogP contribution in [0, 0.1) is 0 Å². The van der Waals surface area contributed by atoms with Crippen LogP contribution in [0.3, 0.4) is 0 Å². The number of nitrogens with zero attached hydrogens (tertiary/aromatic N) is 3. The predicted molar refractivity (Wildman–Crippen MR) is 97.2 cm³/mol. The summed E-state index contributed by atoms with van der Waals surface area (Å²) in [5.41, 5.74) is 1.01. The Hall–Kier alpha value is -2.14. The normalized spacial score (nSPS) is 15.0. The molecule has 1 saturated heterocycles. The van der Waals surface area contributed by atoms with Crippen molar-refractivity contribution >= 4 is 34.0 Å². The van der Waals surface area contributed by atoms with Crippen LogP contribution in [-0.4, -0.2) is 23.1 Å². The van der Waals surface area contributed by atoms with E-state index >= 15 is 0 Å². The molecule has 1 N–H and O–H groups in total. The minimum Gasteiger partial charge on any atom is -0.364 e. The van der Waals surface area contributed by atoms with E-state index in [1.54, 1.807) is 11.3 Å². The van der Waals surface area contributed by atoms with Crippen LogP contribution < -0.4 is 10.2 Å². The first kappa shape index (κ1) is 14.5. The maximum Gasteiger partial charge on any atom is 0.227 e. The molecule has 0 aliphatic carbocycles. The van der Waals surface area contributed by atoms with Crippen molar-refractivity contribution in [3.8, 4) is 0 Å². The summed E-state index contributed by atoms with van der Waals surface area (Å²) in [6.45, 7) is 2.92. The summed E-state index contributed by atoms with van der Waals surface area (Å²) in [5.74, 6) is 1.79. The average molecular weight is 324 g/mol. The highest BCUT2D eigenvalue weighted by molar-refractivity contribution is 7.09. The molecule has 0 spiro atoms. The number of aromatic nitrogens is 2. The first-order valence-electron chi connectivity index (χ1n) is 8.18. The van der Waals surface area contributed by atoms with Gasteiger partial charge in [-0.3, -0.25) is 0 Å². The van der Waals surface area contributed by atoms with E-state index in [9.17, 15) is 0 Å². The van der Waals surface area contributed by atoms with Crippen LogP contribution in [0.2, 0.25) is 0 Å². The molecule has 1 aliphatic heterocycles. The van der Waals surface area contributed by atoms with Crippen LogP contribution >= 0.6 is 11.3 Å². The van der Waals surface area contributed by atoms with Crippen molar-refractivity contribution in [2.75, 3.05) is 23.3 Å².